The normalized spacial score (nSPS) is 14.8. The molecule has 3 aromatic rings. The van der Waals surface area contributed by atoms with E-state index in [1.54, 1.807) is 18.4 Å². The summed E-state index contributed by atoms with van der Waals surface area (Å²) in [5, 5.41) is 13.9. The molecule has 8 nitrogen and oxygen atoms in total. The average Bonchev–Trinajstić information content (AvgIpc) is 3.24. The molecule has 1 aromatic carbocycles. The van der Waals surface area contributed by atoms with Gasteiger partial charge in [-0.2, -0.15) is 0 Å². The summed E-state index contributed by atoms with van der Waals surface area (Å²) in [6.45, 7) is 1.60. The maximum atomic E-state index is 10.7. The van der Waals surface area contributed by atoms with Crippen LogP contribution in [0.5, 0.6) is 5.75 Å². The molecule has 28 heavy (non-hydrogen) atoms. The van der Waals surface area contributed by atoms with Crippen molar-refractivity contribution in [2.45, 2.75) is 18.8 Å². The average molecular weight is 397 g/mol. The van der Waals surface area contributed by atoms with Crippen molar-refractivity contribution in [3.05, 3.63) is 57.2 Å². The van der Waals surface area contributed by atoms with Gasteiger partial charge in [-0.15, -0.1) is 11.3 Å². The summed E-state index contributed by atoms with van der Waals surface area (Å²) < 4.78 is 5.44. The molecular weight excluding hydrogens is 378 g/mol. The van der Waals surface area contributed by atoms with Crippen molar-refractivity contribution < 1.29 is 9.66 Å². The Balaban J connectivity index is 1.43. The first kappa shape index (κ1) is 18.3. The Morgan fingerprint density at radius 1 is 1.21 bits per heavy atom. The van der Waals surface area contributed by atoms with E-state index in [4.69, 9.17) is 9.72 Å². The molecule has 1 aliphatic heterocycles. The first-order valence-electron chi connectivity index (χ1n) is 8.96. The highest BCUT2D eigenvalue weighted by Crippen LogP contribution is 2.36. The van der Waals surface area contributed by atoms with Crippen LogP contribution in [0.1, 0.15) is 23.8 Å². The minimum Gasteiger partial charge on any atom is -0.496 e. The number of hydrogen-bond acceptors (Lipinski definition) is 8. The van der Waals surface area contributed by atoms with E-state index in [1.807, 2.05) is 24.3 Å². The van der Waals surface area contributed by atoms with Gasteiger partial charge >= 0.3 is 5.69 Å². The SMILES string of the molecule is COc1ccccc1-c1csc(C2CCN(c3ncc([N+](=O)[O-])cn3)CC2)n1. The van der Waals surface area contributed by atoms with Gasteiger partial charge in [0.1, 0.15) is 18.1 Å². The third-order valence-corrected chi connectivity index (χ3v) is 5.87. The Bertz CT molecular complexity index is 968. The van der Waals surface area contributed by atoms with Crippen molar-refractivity contribution in [2.24, 2.45) is 0 Å². The highest BCUT2D eigenvalue weighted by molar-refractivity contribution is 7.10. The molecule has 144 valence electrons. The zero-order valence-electron chi connectivity index (χ0n) is 15.3. The first-order valence-corrected chi connectivity index (χ1v) is 9.84. The minimum absolute atomic E-state index is 0.0923. The molecule has 4 rings (SSSR count). The van der Waals surface area contributed by atoms with Crippen molar-refractivity contribution in [3.8, 4) is 17.0 Å². The molecule has 0 bridgehead atoms. The lowest BCUT2D eigenvalue weighted by atomic mass is 9.98. The molecule has 0 aliphatic carbocycles. The van der Waals surface area contributed by atoms with Gasteiger partial charge in [0.15, 0.2) is 0 Å². The van der Waals surface area contributed by atoms with Crippen LogP contribution in [0, 0.1) is 10.1 Å². The number of benzene rings is 1. The molecule has 1 fully saturated rings. The Morgan fingerprint density at radius 3 is 2.61 bits per heavy atom. The van der Waals surface area contributed by atoms with Crippen molar-refractivity contribution >= 4 is 23.0 Å². The molecule has 0 spiro atoms. The van der Waals surface area contributed by atoms with E-state index in [2.05, 4.69) is 20.2 Å². The molecule has 0 N–H and O–H groups in total. The van der Waals surface area contributed by atoms with E-state index < -0.39 is 4.92 Å². The Labute approximate surface area is 166 Å². The van der Waals surface area contributed by atoms with Crippen molar-refractivity contribution in [1.29, 1.82) is 0 Å². The molecule has 0 radical (unpaired) electrons. The molecule has 2 aromatic heterocycles. The molecule has 0 amide bonds. The second kappa shape index (κ2) is 7.89. The van der Waals surface area contributed by atoms with Crippen LogP contribution in [0.4, 0.5) is 11.6 Å². The van der Waals surface area contributed by atoms with Gasteiger partial charge in [-0.1, -0.05) is 12.1 Å². The van der Waals surface area contributed by atoms with Crippen LogP contribution in [0.25, 0.3) is 11.3 Å². The summed E-state index contributed by atoms with van der Waals surface area (Å²) >= 11 is 1.68. The lowest BCUT2D eigenvalue weighted by molar-refractivity contribution is -0.385. The first-order chi connectivity index (χ1) is 13.7. The van der Waals surface area contributed by atoms with Crippen molar-refractivity contribution in [3.63, 3.8) is 0 Å². The van der Waals surface area contributed by atoms with Gasteiger partial charge in [-0.3, -0.25) is 10.1 Å². The minimum atomic E-state index is -0.488. The number of aromatic nitrogens is 3. The fourth-order valence-electron chi connectivity index (χ4n) is 3.35. The Morgan fingerprint density at radius 2 is 1.93 bits per heavy atom. The Kier molecular flexibility index (Phi) is 5.16. The third kappa shape index (κ3) is 3.65. The van der Waals surface area contributed by atoms with Gasteiger partial charge in [0.2, 0.25) is 5.95 Å². The van der Waals surface area contributed by atoms with Crippen LogP contribution in [0.2, 0.25) is 0 Å². The highest BCUT2D eigenvalue weighted by Gasteiger charge is 2.25. The van der Waals surface area contributed by atoms with Crippen molar-refractivity contribution in [2.75, 3.05) is 25.1 Å². The van der Waals surface area contributed by atoms with Crippen LogP contribution in [-0.2, 0) is 0 Å². The maximum Gasteiger partial charge on any atom is 0.305 e. The number of piperidine rings is 1. The number of nitrogens with zero attached hydrogens (tertiary/aromatic N) is 5. The number of para-hydroxylation sites is 1. The van der Waals surface area contributed by atoms with Crippen molar-refractivity contribution in [1.82, 2.24) is 15.0 Å². The number of rotatable bonds is 5. The second-order valence-electron chi connectivity index (χ2n) is 6.53. The monoisotopic (exact) mass is 397 g/mol. The van der Waals surface area contributed by atoms with E-state index >= 15 is 0 Å². The summed E-state index contributed by atoms with van der Waals surface area (Å²) in [4.78, 5) is 25.4. The van der Waals surface area contributed by atoms with Gasteiger partial charge in [-0.05, 0) is 25.0 Å². The fraction of sp³-hybridized carbons (Fsp3) is 0.316. The standard InChI is InChI=1S/C19H19N5O3S/c1-27-17-5-3-2-4-15(17)16-12-28-18(22-16)13-6-8-23(9-7-13)19-20-10-14(11-21-19)24(25)26/h2-5,10-13H,6-9H2,1H3. The number of ether oxygens (including phenoxy) is 1. The smallest absolute Gasteiger partial charge is 0.305 e. The number of nitro groups is 1. The van der Waals surface area contributed by atoms with Gasteiger partial charge in [0.05, 0.1) is 22.7 Å². The molecule has 3 heterocycles. The Hall–Kier alpha value is -3.07. The fourth-order valence-corrected chi connectivity index (χ4v) is 4.34. The number of hydrogen-bond donors (Lipinski definition) is 0. The van der Waals surface area contributed by atoms with E-state index in [9.17, 15) is 10.1 Å². The topological polar surface area (TPSA) is 94.3 Å². The molecular formula is C19H19N5O3S. The van der Waals surface area contributed by atoms with Gasteiger partial charge in [0.25, 0.3) is 0 Å². The van der Waals surface area contributed by atoms with E-state index in [-0.39, 0.29) is 5.69 Å². The van der Waals surface area contributed by atoms with Crippen LogP contribution >= 0.6 is 11.3 Å². The number of thiazole rings is 1. The van der Waals surface area contributed by atoms with E-state index in [0.717, 1.165) is 47.9 Å². The van der Waals surface area contributed by atoms with E-state index in [0.29, 0.717) is 11.9 Å². The zero-order chi connectivity index (χ0) is 19.5. The van der Waals surface area contributed by atoms with Gasteiger partial charge < -0.3 is 9.64 Å². The molecule has 0 saturated carbocycles. The highest BCUT2D eigenvalue weighted by atomic mass is 32.1. The molecule has 1 saturated heterocycles. The number of methoxy groups -OCH3 is 1. The summed E-state index contributed by atoms with van der Waals surface area (Å²) in [5.74, 6) is 1.75. The molecule has 9 heteroatoms. The van der Waals surface area contributed by atoms with Gasteiger partial charge in [0, 0.05) is 30.0 Å². The third-order valence-electron chi connectivity index (χ3n) is 4.87. The molecule has 1 aliphatic rings. The number of anilines is 1. The summed E-state index contributed by atoms with van der Waals surface area (Å²) in [6.07, 6.45) is 4.40. The maximum absolute atomic E-state index is 10.7. The largest absolute Gasteiger partial charge is 0.496 e. The predicted octanol–water partition coefficient (Wildman–Crippen LogP) is 3.90. The quantitative estimate of drug-likeness (QED) is 0.476. The van der Waals surface area contributed by atoms with Crippen LogP contribution < -0.4 is 9.64 Å². The van der Waals surface area contributed by atoms with Crippen LogP contribution in [0.15, 0.2) is 42.0 Å². The van der Waals surface area contributed by atoms with Crippen LogP contribution in [0.3, 0.4) is 0 Å². The lowest BCUT2D eigenvalue weighted by Gasteiger charge is -2.30. The summed E-state index contributed by atoms with van der Waals surface area (Å²) in [7, 11) is 1.67. The van der Waals surface area contributed by atoms with E-state index in [1.165, 1.54) is 12.4 Å². The molecule has 0 unspecified atom stereocenters. The zero-order valence-corrected chi connectivity index (χ0v) is 16.1. The summed E-state index contributed by atoms with van der Waals surface area (Å²) in [5.41, 5.74) is 1.85. The second-order valence-corrected chi connectivity index (χ2v) is 7.42. The lowest BCUT2D eigenvalue weighted by Crippen LogP contribution is -2.34. The van der Waals surface area contributed by atoms with Gasteiger partial charge in [-0.25, -0.2) is 15.0 Å². The molecule has 0 atom stereocenters. The predicted molar refractivity (Wildman–Crippen MR) is 107 cm³/mol. The summed E-state index contributed by atoms with van der Waals surface area (Å²) in [6, 6.07) is 7.90. The van der Waals surface area contributed by atoms with Crippen LogP contribution in [-0.4, -0.2) is 40.1 Å².